The normalized spacial score (nSPS) is 13.4. The molecule has 2 heterocycles. The Labute approximate surface area is 169 Å². The van der Waals surface area contributed by atoms with Crippen LogP contribution in [-0.2, 0) is 0 Å². The van der Waals surface area contributed by atoms with E-state index in [1.165, 1.54) is 18.5 Å². The van der Waals surface area contributed by atoms with Crippen molar-refractivity contribution in [3.8, 4) is 0 Å². The number of halogens is 1. The van der Waals surface area contributed by atoms with E-state index in [-0.39, 0.29) is 5.91 Å². The molecule has 1 fully saturated rings. The van der Waals surface area contributed by atoms with Gasteiger partial charge in [0.1, 0.15) is 0 Å². The molecule has 1 saturated heterocycles. The van der Waals surface area contributed by atoms with Crippen LogP contribution >= 0.6 is 11.6 Å². The van der Waals surface area contributed by atoms with Crippen LogP contribution in [0.3, 0.4) is 0 Å². The first kappa shape index (κ1) is 18.3. The molecule has 0 aliphatic carbocycles. The molecule has 0 saturated carbocycles. The van der Waals surface area contributed by atoms with Gasteiger partial charge >= 0.3 is 0 Å². The minimum atomic E-state index is -0.234. The standard InChI is InChI=1S/C22H21ClN4O/c23-17-4-3-5-19(13-17)26-22(28)16-12-20(15-24-14-16)25-18-6-8-21(9-7-18)27-10-1-2-11-27/h3-9,12-15,25H,1-2,10-11H2,(H,26,28). The Hall–Kier alpha value is -3.05. The van der Waals surface area contributed by atoms with E-state index >= 15 is 0 Å². The molecule has 2 aromatic carbocycles. The fourth-order valence-electron chi connectivity index (χ4n) is 3.30. The second-order valence-corrected chi connectivity index (χ2v) is 7.23. The lowest BCUT2D eigenvalue weighted by atomic mass is 10.2. The Balaban J connectivity index is 1.44. The summed E-state index contributed by atoms with van der Waals surface area (Å²) in [5, 5.41) is 6.71. The number of hydrogen-bond acceptors (Lipinski definition) is 4. The SMILES string of the molecule is O=C(Nc1cccc(Cl)c1)c1cncc(Nc2ccc(N3CCCC3)cc2)c1. The highest BCUT2D eigenvalue weighted by molar-refractivity contribution is 6.31. The van der Waals surface area contributed by atoms with Gasteiger partial charge in [-0.15, -0.1) is 0 Å². The third kappa shape index (κ3) is 4.43. The second kappa shape index (κ2) is 8.31. The van der Waals surface area contributed by atoms with E-state index in [2.05, 4.69) is 32.7 Å². The Morgan fingerprint density at radius 3 is 2.46 bits per heavy atom. The van der Waals surface area contributed by atoms with Crippen molar-refractivity contribution in [2.24, 2.45) is 0 Å². The van der Waals surface area contributed by atoms with Crippen LogP contribution < -0.4 is 15.5 Å². The van der Waals surface area contributed by atoms with E-state index in [0.717, 1.165) is 24.5 Å². The molecule has 0 unspecified atom stereocenters. The van der Waals surface area contributed by atoms with Crippen molar-refractivity contribution in [1.82, 2.24) is 4.98 Å². The van der Waals surface area contributed by atoms with Crippen molar-refractivity contribution in [2.75, 3.05) is 28.6 Å². The first-order chi connectivity index (χ1) is 13.7. The van der Waals surface area contributed by atoms with E-state index in [0.29, 0.717) is 16.3 Å². The molecule has 4 rings (SSSR count). The monoisotopic (exact) mass is 392 g/mol. The number of aromatic nitrogens is 1. The highest BCUT2D eigenvalue weighted by atomic mass is 35.5. The highest BCUT2D eigenvalue weighted by Crippen LogP contribution is 2.24. The zero-order chi connectivity index (χ0) is 19.3. The van der Waals surface area contributed by atoms with E-state index in [9.17, 15) is 4.79 Å². The van der Waals surface area contributed by atoms with Gasteiger partial charge in [0.05, 0.1) is 17.4 Å². The molecule has 2 N–H and O–H groups in total. The van der Waals surface area contributed by atoms with Gasteiger partial charge in [0, 0.05) is 41.4 Å². The van der Waals surface area contributed by atoms with Crippen LogP contribution in [0.15, 0.2) is 67.0 Å². The fraction of sp³-hybridized carbons (Fsp3) is 0.182. The maximum atomic E-state index is 12.5. The van der Waals surface area contributed by atoms with Crippen LogP contribution in [0.5, 0.6) is 0 Å². The van der Waals surface area contributed by atoms with Gasteiger partial charge in [-0.1, -0.05) is 17.7 Å². The molecule has 5 nitrogen and oxygen atoms in total. The molecule has 1 aliphatic rings. The molecule has 28 heavy (non-hydrogen) atoms. The Morgan fingerprint density at radius 2 is 1.71 bits per heavy atom. The molecule has 6 heteroatoms. The minimum Gasteiger partial charge on any atom is -0.372 e. The number of carbonyl (C=O) groups excluding carboxylic acids is 1. The van der Waals surface area contributed by atoms with Crippen LogP contribution in [0.4, 0.5) is 22.7 Å². The summed E-state index contributed by atoms with van der Waals surface area (Å²) in [7, 11) is 0. The number of amides is 1. The molecule has 142 valence electrons. The number of carbonyl (C=O) groups is 1. The zero-order valence-corrected chi connectivity index (χ0v) is 16.1. The van der Waals surface area contributed by atoms with Crippen molar-refractivity contribution in [2.45, 2.75) is 12.8 Å². The van der Waals surface area contributed by atoms with Gasteiger partial charge in [-0.3, -0.25) is 9.78 Å². The molecule has 3 aromatic rings. The predicted octanol–water partition coefficient (Wildman–Crippen LogP) is 5.33. The number of nitrogens with one attached hydrogen (secondary N) is 2. The summed E-state index contributed by atoms with van der Waals surface area (Å²) in [6.45, 7) is 2.25. The summed E-state index contributed by atoms with van der Waals surface area (Å²) < 4.78 is 0. The average molecular weight is 393 g/mol. The van der Waals surface area contributed by atoms with E-state index in [4.69, 9.17) is 11.6 Å². The van der Waals surface area contributed by atoms with Crippen LogP contribution in [0.2, 0.25) is 5.02 Å². The summed E-state index contributed by atoms with van der Waals surface area (Å²) in [6.07, 6.45) is 5.76. The van der Waals surface area contributed by atoms with E-state index in [1.807, 2.05) is 12.1 Å². The molecule has 1 aliphatic heterocycles. The van der Waals surface area contributed by atoms with Gasteiger partial charge in [-0.25, -0.2) is 0 Å². The van der Waals surface area contributed by atoms with E-state index < -0.39 is 0 Å². The Kier molecular flexibility index (Phi) is 5.44. The highest BCUT2D eigenvalue weighted by Gasteiger charge is 2.12. The first-order valence-corrected chi connectivity index (χ1v) is 9.69. The molecule has 0 bridgehead atoms. The quantitative estimate of drug-likeness (QED) is 0.616. The number of benzene rings is 2. The fourth-order valence-corrected chi connectivity index (χ4v) is 3.49. The van der Waals surface area contributed by atoms with Gasteiger partial charge < -0.3 is 15.5 Å². The number of anilines is 4. The summed E-state index contributed by atoms with van der Waals surface area (Å²) >= 11 is 5.97. The van der Waals surface area contributed by atoms with Crippen LogP contribution in [0.25, 0.3) is 0 Å². The third-order valence-corrected chi connectivity index (χ3v) is 4.95. The summed E-state index contributed by atoms with van der Waals surface area (Å²) in [4.78, 5) is 19.1. The third-order valence-electron chi connectivity index (χ3n) is 4.71. The number of pyridine rings is 1. The number of nitrogens with zero attached hydrogens (tertiary/aromatic N) is 2. The topological polar surface area (TPSA) is 57.3 Å². The summed E-state index contributed by atoms with van der Waals surface area (Å²) in [6, 6.07) is 17.2. The summed E-state index contributed by atoms with van der Waals surface area (Å²) in [5.74, 6) is -0.234. The van der Waals surface area contributed by atoms with Crippen molar-refractivity contribution < 1.29 is 4.79 Å². The van der Waals surface area contributed by atoms with Gasteiger partial charge in [-0.2, -0.15) is 0 Å². The Morgan fingerprint density at radius 1 is 0.929 bits per heavy atom. The van der Waals surface area contributed by atoms with Crippen molar-refractivity contribution in [1.29, 1.82) is 0 Å². The maximum Gasteiger partial charge on any atom is 0.257 e. The molecule has 0 atom stereocenters. The lowest BCUT2D eigenvalue weighted by Crippen LogP contribution is -2.17. The summed E-state index contributed by atoms with van der Waals surface area (Å²) in [5.41, 5.74) is 4.08. The number of rotatable bonds is 5. The van der Waals surface area contributed by atoms with Gasteiger partial charge in [0.2, 0.25) is 0 Å². The van der Waals surface area contributed by atoms with Crippen molar-refractivity contribution in [3.63, 3.8) is 0 Å². The molecule has 0 radical (unpaired) electrons. The van der Waals surface area contributed by atoms with Gasteiger partial charge in [0.25, 0.3) is 5.91 Å². The lowest BCUT2D eigenvalue weighted by molar-refractivity contribution is 0.102. The maximum absolute atomic E-state index is 12.5. The molecule has 1 aromatic heterocycles. The largest absolute Gasteiger partial charge is 0.372 e. The van der Waals surface area contributed by atoms with Gasteiger partial charge in [0.15, 0.2) is 0 Å². The van der Waals surface area contributed by atoms with Crippen molar-refractivity contribution >= 4 is 40.3 Å². The van der Waals surface area contributed by atoms with Gasteiger partial charge in [-0.05, 0) is 61.4 Å². The molecule has 0 spiro atoms. The number of hydrogen-bond donors (Lipinski definition) is 2. The zero-order valence-electron chi connectivity index (χ0n) is 15.4. The lowest BCUT2D eigenvalue weighted by Gasteiger charge is -2.18. The van der Waals surface area contributed by atoms with Crippen LogP contribution in [0.1, 0.15) is 23.2 Å². The molecular weight excluding hydrogens is 372 g/mol. The molecular formula is C22H21ClN4O. The van der Waals surface area contributed by atoms with Crippen LogP contribution in [-0.4, -0.2) is 24.0 Å². The van der Waals surface area contributed by atoms with E-state index in [1.54, 1.807) is 42.7 Å². The first-order valence-electron chi connectivity index (χ1n) is 9.31. The van der Waals surface area contributed by atoms with Crippen molar-refractivity contribution in [3.05, 3.63) is 77.6 Å². The minimum absolute atomic E-state index is 0.234. The average Bonchev–Trinajstić information content (AvgIpc) is 3.24. The predicted molar refractivity (Wildman–Crippen MR) is 115 cm³/mol. The Bertz CT molecular complexity index is 968. The molecule has 1 amide bonds. The van der Waals surface area contributed by atoms with Crippen LogP contribution in [0, 0.1) is 0 Å². The second-order valence-electron chi connectivity index (χ2n) is 6.79. The smallest absolute Gasteiger partial charge is 0.257 e.